The Labute approximate surface area is 122 Å². The summed E-state index contributed by atoms with van der Waals surface area (Å²) in [5.74, 6) is 2.50. The van der Waals surface area contributed by atoms with E-state index in [-0.39, 0.29) is 0 Å². The third-order valence-corrected chi connectivity index (χ3v) is 5.30. The first-order valence-corrected chi connectivity index (χ1v) is 8.15. The van der Waals surface area contributed by atoms with E-state index in [1.54, 1.807) is 0 Å². The number of rotatable bonds is 3. The lowest BCUT2D eigenvalue weighted by Gasteiger charge is -2.35. The van der Waals surface area contributed by atoms with Crippen LogP contribution in [0.15, 0.2) is 18.2 Å². The lowest BCUT2D eigenvalue weighted by atomic mass is 9.88. The zero-order valence-corrected chi connectivity index (χ0v) is 13.6. The molecule has 1 unspecified atom stereocenters. The normalized spacial score (nSPS) is 22.1. The minimum Gasteiger partial charge on any atom is -0.381 e. The van der Waals surface area contributed by atoms with Crippen molar-refractivity contribution < 1.29 is 0 Å². The molecule has 19 heavy (non-hydrogen) atoms. The van der Waals surface area contributed by atoms with Crippen molar-refractivity contribution in [2.75, 3.05) is 35.8 Å². The lowest BCUT2D eigenvalue weighted by molar-refractivity contribution is 0.358. The van der Waals surface area contributed by atoms with E-state index in [1.807, 2.05) is 0 Å². The second-order valence-electron chi connectivity index (χ2n) is 6.62. The van der Waals surface area contributed by atoms with E-state index in [2.05, 4.69) is 75.0 Å². The number of benzene rings is 1. The molecule has 1 heterocycles. The van der Waals surface area contributed by atoms with Gasteiger partial charge in [-0.2, -0.15) is 11.8 Å². The van der Waals surface area contributed by atoms with Crippen molar-refractivity contribution in [2.24, 2.45) is 5.41 Å². The summed E-state index contributed by atoms with van der Waals surface area (Å²) in [5, 5.41) is 3.71. The SMILES string of the molecule is Cc1ccc(NC2CSCC(C)(C)C2)cc1N(C)C. The summed E-state index contributed by atoms with van der Waals surface area (Å²) < 4.78 is 0. The van der Waals surface area contributed by atoms with Crippen LogP contribution in [0, 0.1) is 12.3 Å². The largest absolute Gasteiger partial charge is 0.381 e. The highest BCUT2D eigenvalue weighted by atomic mass is 32.2. The fraction of sp³-hybridized carbons (Fsp3) is 0.625. The third kappa shape index (κ3) is 3.82. The van der Waals surface area contributed by atoms with Gasteiger partial charge in [-0.15, -0.1) is 0 Å². The molecule has 1 saturated heterocycles. The Hall–Kier alpha value is -0.830. The van der Waals surface area contributed by atoms with Crippen molar-refractivity contribution in [3.8, 4) is 0 Å². The average Bonchev–Trinajstić information content (AvgIpc) is 2.30. The number of hydrogen-bond donors (Lipinski definition) is 1. The van der Waals surface area contributed by atoms with Crippen LogP contribution in [0.3, 0.4) is 0 Å². The molecule has 0 radical (unpaired) electrons. The van der Waals surface area contributed by atoms with E-state index in [4.69, 9.17) is 0 Å². The monoisotopic (exact) mass is 278 g/mol. The van der Waals surface area contributed by atoms with Gasteiger partial charge in [-0.25, -0.2) is 0 Å². The minimum atomic E-state index is 0.454. The summed E-state index contributed by atoms with van der Waals surface area (Å²) in [7, 11) is 4.21. The Bertz CT molecular complexity index is 440. The molecule has 2 nitrogen and oxygen atoms in total. The molecule has 2 rings (SSSR count). The minimum absolute atomic E-state index is 0.454. The molecule has 1 atom stereocenters. The van der Waals surface area contributed by atoms with Gasteiger partial charge in [-0.3, -0.25) is 0 Å². The Morgan fingerprint density at radius 1 is 1.32 bits per heavy atom. The molecule has 1 N–H and O–H groups in total. The summed E-state index contributed by atoms with van der Waals surface area (Å²) in [5.41, 5.74) is 4.33. The second-order valence-corrected chi connectivity index (χ2v) is 7.65. The maximum atomic E-state index is 3.71. The van der Waals surface area contributed by atoms with Crippen LogP contribution in [0.2, 0.25) is 0 Å². The van der Waals surface area contributed by atoms with Crippen molar-refractivity contribution in [3.63, 3.8) is 0 Å². The molecule has 1 aliphatic heterocycles. The van der Waals surface area contributed by atoms with Crippen LogP contribution in [0.4, 0.5) is 11.4 Å². The summed E-state index contributed by atoms with van der Waals surface area (Å²) in [6.45, 7) is 6.90. The third-order valence-electron chi connectivity index (χ3n) is 3.67. The highest BCUT2D eigenvalue weighted by Crippen LogP contribution is 2.35. The molecular weight excluding hydrogens is 252 g/mol. The zero-order valence-electron chi connectivity index (χ0n) is 12.8. The Morgan fingerprint density at radius 2 is 2.05 bits per heavy atom. The van der Waals surface area contributed by atoms with E-state index < -0.39 is 0 Å². The molecule has 1 aromatic rings. The van der Waals surface area contributed by atoms with Crippen molar-refractivity contribution in [2.45, 2.75) is 33.2 Å². The summed E-state index contributed by atoms with van der Waals surface area (Å²) in [6, 6.07) is 7.26. The highest BCUT2D eigenvalue weighted by molar-refractivity contribution is 7.99. The number of nitrogens with one attached hydrogen (secondary N) is 1. The molecule has 1 fully saturated rings. The number of thioether (sulfide) groups is 1. The van der Waals surface area contributed by atoms with Crippen molar-refractivity contribution >= 4 is 23.1 Å². The first kappa shape index (κ1) is 14.6. The highest BCUT2D eigenvalue weighted by Gasteiger charge is 2.28. The standard InChI is InChI=1S/C16H26N2S/c1-12-6-7-13(8-15(12)18(4)5)17-14-9-16(2,3)11-19-10-14/h6-8,14,17H,9-11H2,1-5H3. The quantitative estimate of drug-likeness (QED) is 0.899. The molecular formula is C16H26N2S. The van der Waals surface area contributed by atoms with E-state index >= 15 is 0 Å². The van der Waals surface area contributed by atoms with Gasteiger partial charge in [-0.1, -0.05) is 19.9 Å². The Morgan fingerprint density at radius 3 is 2.68 bits per heavy atom. The average molecular weight is 278 g/mol. The molecule has 106 valence electrons. The zero-order chi connectivity index (χ0) is 14.0. The van der Waals surface area contributed by atoms with E-state index in [1.165, 1.54) is 34.9 Å². The fourth-order valence-corrected chi connectivity index (χ4v) is 4.05. The molecule has 1 aliphatic rings. The molecule has 0 saturated carbocycles. The van der Waals surface area contributed by atoms with Gasteiger partial charge in [0.25, 0.3) is 0 Å². The van der Waals surface area contributed by atoms with Crippen LogP contribution in [-0.2, 0) is 0 Å². The maximum absolute atomic E-state index is 3.71. The van der Waals surface area contributed by atoms with Crippen molar-refractivity contribution in [1.29, 1.82) is 0 Å². The van der Waals surface area contributed by atoms with Gasteiger partial charge >= 0.3 is 0 Å². The molecule has 0 bridgehead atoms. The van der Waals surface area contributed by atoms with E-state index in [0.29, 0.717) is 11.5 Å². The van der Waals surface area contributed by atoms with Crippen molar-refractivity contribution in [1.82, 2.24) is 0 Å². The van der Waals surface area contributed by atoms with Crippen LogP contribution < -0.4 is 10.2 Å². The molecule has 0 amide bonds. The van der Waals surface area contributed by atoms with Crippen LogP contribution in [0.5, 0.6) is 0 Å². The fourth-order valence-electron chi connectivity index (χ4n) is 2.77. The van der Waals surface area contributed by atoms with Crippen LogP contribution in [0.1, 0.15) is 25.8 Å². The Balaban J connectivity index is 2.09. The summed E-state index contributed by atoms with van der Waals surface area (Å²) >= 11 is 2.07. The predicted molar refractivity (Wildman–Crippen MR) is 88.6 cm³/mol. The van der Waals surface area contributed by atoms with Crippen molar-refractivity contribution in [3.05, 3.63) is 23.8 Å². The molecule has 3 heteroatoms. The number of hydrogen-bond acceptors (Lipinski definition) is 3. The second kappa shape index (κ2) is 5.66. The molecule has 1 aromatic carbocycles. The first-order chi connectivity index (χ1) is 8.87. The van der Waals surface area contributed by atoms with Gasteiger partial charge in [0, 0.05) is 37.3 Å². The van der Waals surface area contributed by atoms with Gasteiger partial charge in [0.2, 0.25) is 0 Å². The van der Waals surface area contributed by atoms with Crippen LogP contribution in [-0.4, -0.2) is 31.6 Å². The van der Waals surface area contributed by atoms with Crippen LogP contribution in [0.25, 0.3) is 0 Å². The first-order valence-electron chi connectivity index (χ1n) is 7.00. The van der Waals surface area contributed by atoms with E-state index in [0.717, 1.165) is 0 Å². The summed E-state index contributed by atoms with van der Waals surface area (Å²) in [4.78, 5) is 2.18. The Kier molecular flexibility index (Phi) is 4.34. The molecule has 0 aliphatic carbocycles. The smallest absolute Gasteiger partial charge is 0.0411 e. The number of nitrogens with zero attached hydrogens (tertiary/aromatic N) is 1. The van der Waals surface area contributed by atoms with E-state index in [9.17, 15) is 0 Å². The van der Waals surface area contributed by atoms with Gasteiger partial charge in [0.15, 0.2) is 0 Å². The number of aryl methyl sites for hydroxylation is 1. The summed E-state index contributed by atoms with van der Waals surface area (Å²) in [6.07, 6.45) is 1.26. The van der Waals surface area contributed by atoms with Gasteiger partial charge in [0.05, 0.1) is 0 Å². The van der Waals surface area contributed by atoms with Gasteiger partial charge in [-0.05, 0) is 42.2 Å². The topological polar surface area (TPSA) is 15.3 Å². The number of anilines is 2. The van der Waals surface area contributed by atoms with Gasteiger partial charge in [0.1, 0.15) is 0 Å². The maximum Gasteiger partial charge on any atom is 0.0411 e. The predicted octanol–water partition coefficient (Wildman–Crippen LogP) is 4.00. The molecule has 0 spiro atoms. The van der Waals surface area contributed by atoms with Crippen LogP contribution >= 0.6 is 11.8 Å². The lowest BCUT2D eigenvalue weighted by Crippen LogP contribution is -2.35. The molecule has 0 aromatic heterocycles. The van der Waals surface area contributed by atoms with Gasteiger partial charge < -0.3 is 10.2 Å².